The van der Waals surface area contributed by atoms with Gasteiger partial charge in [0.1, 0.15) is 18.5 Å². The van der Waals surface area contributed by atoms with Crippen LogP contribution in [-0.4, -0.2) is 52.9 Å². The normalized spacial score (nSPS) is 18.7. The van der Waals surface area contributed by atoms with Crippen LogP contribution in [0.15, 0.2) is 42.9 Å². The topological polar surface area (TPSA) is 67.7 Å². The molecule has 2 heterocycles. The lowest BCUT2D eigenvalue weighted by atomic mass is 10.1. The van der Waals surface area contributed by atoms with Crippen molar-refractivity contribution in [3.8, 4) is 5.75 Å². The van der Waals surface area contributed by atoms with Crippen LogP contribution in [0.4, 0.5) is 0 Å². The molecule has 0 amide bonds. The number of hydrogen-bond acceptors (Lipinski definition) is 6. The van der Waals surface area contributed by atoms with Crippen molar-refractivity contribution < 1.29 is 14.6 Å². The Labute approximate surface area is 135 Å². The molecule has 23 heavy (non-hydrogen) atoms. The number of ether oxygens (including phenoxy) is 2. The molecule has 6 nitrogen and oxygen atoms in total. The largest absolute Gasteiger partial charge is 0.491 e. The fraction of sp³-hybridized carbons (Fsp3) is 0.412. The van der Waals surface area contributed by atoms with Crippen LogP contribution in [-0.2, 0) is 11.3 Å². The lowest BCUT2D eigenvalue weighted by molar-refractivity contribution is -0.0351. The van der Waals surface area contributed by atoms with Gasteiger partial charge in [-0.3, -0.25) is 14.9 Å². The molecule has 1 unspecified atom stereocenters. The molecular formula is C17H21N3O3. The number of morpholine rings is 1. The lowest BCUT2D eigenvalue weighted by Gasteiger charge is -2.32. The van der Waals surface area contributed by atoms with Gasteiger partial charge in [-0.25, -0.2) is 0 Å². The van der Waals surface area contributed by atoms with Gasteiger partial charge in [0.2, 0.25) is 0 Å². The molecule has 1 aliphatic rings. The van der Waals surface area contributed by atoms with E-state index >= 15 is 0 Å². The van der Waals surface area contributed by atoms with Gasteiger partial charge in [0.25, 0.3) is 0 Å². The SMILES string of the molecule is OCCOc1cccc(CN2CCOC(c3cnccn3)C2)c1. The Morgan fingerprint density at radius 1 is 1.35 bits per heavy atom. The highest BCUT2D eigenvalue weighted by Crippen LogP contribution is 2.22. The summed E-state index contributed by atoms with van der Waals surface area (Å²) in [5.74, 6) is 0.787. The minimum absolute atomic E-state index is 0.0213. The zero-order valence-electron chi connectivity index (χ0n) is 13.0. The van der Waals surface area contributed by atoms with Crippen molar-refractivity contribution in [3.63, 3.8) is 0 Å². The van der Waals surface area contributed by atoms with Crippen molar-refractivity contribution in [2.45, 2.75) is 12.6 Å². The molecule has 0 spiro atoms. The average molecular weight is 315 g/mol. The summed E-state index contributed by atoms with van der Waals surface area (Å²) < 4.78 is 11.3. The maximum atomic E-state index is 8.84. The first-order chi connectivity index (χ1) is 11.3. The van der Waals surface area contributed by atoms with Gasteiger partial charge in [0.05, 0.1) is 25.1 Å². The first kappa shape index (κ1) is 15.9. The minimum atomic E-state index is -0.0359. The maximum absolute atomic E-state index is 8.84. The molecule has 122 valence electrons. The van der Waals surface area contributed by atoms with Gasteiger partial charge in [0, 0.05) is 32.0 Å². The summed E-state index contributed by atoms with van der Waals surface area (Å²) in [6.45, 7) is 3.53. The molecule has 1 fully saturated rings. The van der Waals surface area contributed by atoms with Crippen molar-refractivity contribution in [1.82, 2.24) is 14.9 Å². The third kappa shape index (κ3) is 4.48. The summed E-state index contributed by atoms with van der Waals surface area (Å²) in [6.07, 6.45) is 5.09. The van der Waals surface area contributed by atoms with Crippen LogP contribution in [0.1, 0.15) is 17.4 Å². The monoisotopic (exact) mass is 315 g/mol. The summed E-state index contributed by atoms with van der Waals surface area (Å²) in [5.41, 5.74) is 2.05. The van der Waals surface area contributed by atoms with Gasteiger partial charge in [0.15, 0.2) is 0 Å². The zero-order chi connectivity index (χ0) is 15.9. The summed E-state index contributed by atoms with van der Waals surface area (Å²) in [6, 6.07) is 7.98. The van der Waals surface area contributed by atoms with Crippen LogP contribution in [0.2, 0.25) is 0 Å². The molecule has 1 aromatic carbocycles. The van der Waals surface area contributed by atoms with E-state index in [2.05, 4.69) is 20.9 Å². The minimum Gasteiger partial charge on any atom is -0.491 e. The molecule has 0 aliphatic carbocycles. The van der Waals surface area contributed by atoms with Gasteiger partial charge >= 0.3 is 0 Å². The van der Waals surface area contributed by atoms with E-state index < -0.39 is 0 Å². The molecule has 1 N–H and O–H groups in total. The quantitative estimate of drug-likeness (QED) is 0.869. The summed E-state index contributed by atoms with van der Waals surface area (Å²) in [7, 11) is 0. The summed E-state index contributed by atoms with van der Waals surface area (Å²) >= 11 is 0. The molecule has 1 saturated heterocycles. The lowest BCUT2D eigenvalue weighted by Crippen LogP contribution is -2.38. The number of hydrogen-bond donors (Lipinski definition) is 1. The van der Waals surface area contributed by atoms with Gasteiger partial charge in [-0.05, 0) is 17.7 Å². The Morgan fingerprint density at radius 2 is 2.30 bits per heavy atom. The smallest absolute Gasteiger partial charge is 0.119 e. The predicted molar refractivity (Wildman–Crippen MR) is 85.0 cm³/mol. The van der Waals surface area contributed by atoms with E-state index in [1.807, 2.05) is 18.2 Å². The first-order valence-electron chi connectivity index (χ1n) is 7.77. The van der Waals surface area contributed by atoms with Crippen LogP contribution in [0.5, 0.6) is 5.75 Å². The standard InChI is InChI=1S/C17H21N3O3/c21-7-9-22-15-3-1-2-14(10-15)12-20-6-8-23-17(13-20)16-11-18-4-5-19-16/h1-5,10-11,17,21H,6-9,12-13H2. The highest BCUT2D eigenvalue weighted by molar-refractivity contribution is 5.28. The Bertz CT molecular complexity index is 609. The molecule has 0 radical (unpaired) electrons. The third-order valence-corrected chi connectivity index (χ3v) is 3.73. The van der Waals surface area contributed by atoms with E-state index in [9.17, 15) is 0 Å². The van der Waals surface area contributed by atoms with Crippen LogP contribution in [0.25, 0.3) is 0 Å². The Kier molecular flexibility index (Phi) is 5.52. The molecule has 6 heteroatoms. The van der Waals surface area contributed by atoms with E-state index in [1.54, 1.807) is 18.6 Å². The third-order valence-electron chi connectivity index (χ3n) is 3.73. The van der Waals surface area contributed by atoms with Crippen LogP contribution in [0.3, 0.4) is 0 Å². The van der Waals surface area contributed by atoms with E-state index in [0.717, 1.165) is 31.1 Å². The fourth-order valence-electron chi connectivity index (χ4n) is 2.66. The Morgan fingerprint density at radius 3 is 3.13 bits per heavy atom. The predicted octanol–water partition coefficient (Wildman–Crippen LogP) is 1.42. The van der Waals surface area contributed by atoms with E-state index in [4.69, 9.17) is 14.6 Å². The van der Waals surface area contributed by atoms with Crippen molar-refractivity contribution in [2.24, 2.45) is 0 Å². The zero-order valence-corrected chi connectivity index (χ0v) is 13.0. The summed E-state index contributed by atoms with van der Waals surface area (Å²) in [5, 5.41) is 8.84. The van der Waals surface area contributed by atoms with Crippen molar-refractivity contribution >= 4 is 0 Å². The molecule has 1 aliphatic heterocycles. The fourth-order valence-corrected chi connectivity index (χ4v) is 2.66. The van der Waals surface area contributed by atoms with Crippen LogP contribution >= 0.6 is 0 Å². The number of aromatic nitrogens is 2. The first-order valence-corrected chi connectivity index (χ1v) is 7.77. The molecule has 0 bridgehead atoms. The second-order valence-electron chi connectivity index (χ2n) is 5.44. The molecule has 1 aromatic heterocycles. The van der Waals surface area contributed by atoms with Crippen LogP contribution in [0, 0.1) is 0 Å². The second kappa shape index (κ2) is 8.01. The van der Waals surface area contributed by atoms with Gasteiger partial charge in [-0.1, -0.05) is 12.1 Å². The van der Waals surface area contributed by atoms with Crippen molar-refractivity contribution in [3.05, 3.63) is 54.1 Å². The van der Waals surface area contributed by atoms with E-state index in [-0.39, 0.29) is 12.7 Å². The molecule has 0 saturated carbocycles. The van der Waals surface area contributed by atoms with Gasteiger partial charge in [-0.2, -0.15) is 0 Å². The van der Waals surface area contributed by atoms with Gasteiger partial charge in [-0.15, -0.1) is 0 Å². The molecule has 1 atom stereocenters. The average Bonchev–Trinajstić information content (AvgIpc) is 2.61. The van der Waals surface area contributed by atoms with E-state index in [1.165, 1.54) is 5.56 Å². The highest BCUT2D eigenvalue weighted by atomic mass is 16.5. The Balaban J connectivity index is 1.61. The number of aliphatic hydroxyl groups excluding tert-OH is 1. The van der Waals surface area contributed by atoms with Crippen molar-refractivity contribution in [2.75, 3.05) is 32.9 Å². The van der Waals surface area contributed by atoms with Crippen LogP contribution < -0.4 is 4.74 Å². The number of nitrogens with zero attached hydrogens (tertiary/aromatic N) is 3. The Hall–Kier alpha value is -2.02. The maximum Gasteiger partial charge on any atom is 0.119 e. The van der Waals surface area contributed by atoms with Gasteiger partial charge < -0.3 is 14.6 Å². The molecule has 2 aromatic rings. The number of benzene rings is 1. The summed E-state index contributed by atoms with van der Waals surface area (Å²) in [4.78, 5) is 10.8. The molecular weight excluding hydrogens is 294 g/mol. The van der Waals surface area contributed by atoms with Crippen molar-refractivity contribution in [1.29, 1.82) is 0 Å². The van der Waals surface area contributed by atoms with E-state index in [0.29, 0.717) is 13.2 Å². The number of rotatable bonds is 6. The number of aliphatic hydroxyl groups is 1. The molecule has 3 rings (SSSR count). The highest BCUT2D eigenvalue weighted by Gasteiger charge is 2.23. The second-order valence-corrected chi connectivity index (χ2v) is 5.44.